The molecule has 0 saturated carbocycles. The molecule has 0 aromatic carbocycles. The van der Waals surface area contributed by atoms with Crippen LogP contribution >= 0.6 is 0 Å². The molecule has 2 unspecified atom stereocenters. The highest BCUT2D eigenvalue weighted by atomic mass is 16.5. The first-order valence-electron chi connectivity index (χ1n) is 7.35. The summed E-state index contributed by atoms with van der Waals surface area (Å²) in [6.45, 7) is 4.57. The zero-order valence-corrected chi connectivity index (χ0v) is 12.1. The fourth-order valence-corrected chi connectivity index (χ4v) is 2.75. The number of nitrogens with zero attached hydrogens (tertiary/aromatic N) is 1. The molecule has 110 valence electrons. The van der Waals surface area contributed by atoms with Crippen molar-refractivity contribution < 1.29 is 19.1 Å². The van der Waals surface area contributed by atoms with Crippen LogP contribution < -0.4 is 0 Å². The third kappa shape index (κ3) is 2.49. The molecule has 2 aliphatic rings. The molecular formula is C15H21NO4. The number of imide groups is 1. The van der Waals surface area contributed by atoms with Crippen LogP contribution in [0.1, 0.15) is 39.5 Å². The normalized spacial score (nSPS) is 24.3. The van der Waals surface area contributed by atoms with Gasteiger partial charge in [-0.05, 0) is 13.3 Å². The number of hydrogen-bond donors (Lipinski definition) is 0. The number of likely N-dealkylation sites (tertiary alicyclic amines) is 1. The number of ether oxygens (including phenoxy) is 1. The van der Waals surface area contributed by atoms with E-state index in [0.29, 0.717) is 12.1 Å². The van der Waals surface area contributed by atoms with Crippen molar-refractivity contribution in [3.05, 3.63) is 11.6 Å². The highest BCUT2D eigenvalue weighted by Crippen LogP contribution is 2.42. The monoisotopic (exact) mass is 279 g/mol. The standard InChI is InChI=1S/C15H21NO4/c1-3-5-6-7-8-16-13(17)10-9-11(12(10)14(16)18)15(19)20-4-2/h9-10,12H,3-8H2,1-2H3. The Labute approximate surface area is 119 Å². The summed E-state index contributed by atoms with van der Waals surface area (Å²) in [5.74, 6) is -1.89. The van der Waals surface area contributed by atoms with Gasteiger partial charge in [0.2, 0.25) is 11.8 Å². The van der Waals surface area contributed by atoms with Crippen LogP contribution in [0.15, 0.2) is 11.6 Å². The molecule has 0 spiro atoms. The summed E-state index contributed by atoms with van der Waals surface area (Å²) in [5, 5.41) is 0. The predicted molar refractivity (Wildman–Crippen MR) is 72.6 cm³/mol. The number of esters is 1. The molecular weight excluding hydrogens is 258 g/mol. The number of hydrogen-bond acceptors (Lipinski definition) is 4. The molecule has 0 radical (unpaired) electrons. The van der Waals surface area contributed by atoms with Crippen LogP contribution in [-0.4, -0.2) is 35.8 Å². The average Bonchev–Trinajstić information content (AvgIpc) is 2.53. The molecule has 1 aliphatic carbocycles. The number of carbonyl (C=O) groups excluding carboxylic acids is 3. The van der Waals surface area contributed by atoms with Gasteiger partial charge in [-0.25, -0.2) is 4.79 Å². The summed E-state index contributed by atoms with van der Waals surface area (Å²) in [7, 11) is 0. The van der Waals surface area contributed by atoms with Gasteiger partial charge in [0, 0.05) is 12.1 Å². The molecule has 20 heavy (non-hydrogen) atoms. The Morgan fingerprint density at radius 2 is 1.95 bits per heavy atom. The molecule has 0 bridgehead atoms. The van der Waals surface area contributed by atoms with E-state index < -0.39 is 17.8 Å². The third-order valence-corrected chi connectivity index (χ3v) is 3.88. The van der Waals surface area contributed by atoms with Crippen molar-refractivity contribution in [3.63, 3.8) is 0 Å². The molecule has 1 heterocycles. The minimum atomic E-state index is -0.590. The van der Waals surface area contributed by atoms with Gasteiger partial charge in [-0.15, -0.1) is 0 Å². The van der Waals surface area contributed by atoms with Crippen molar-refractivity contribution >= 4 is 17.8 Å². The van der Waals surface area contributed by atoms with E-state index in [1.165, 1.54) is 4.90 Å². The number of amides is 2. The highest BCUT2D eigenvalue weighted by molar-refractivity contribution is 6.14. The summed E-state index contributed by atoms with van der Waals surface area (Å²) >= 11 is 0. The van der Waals surface area contributed by atoms with E-state index in [4.69, 9.17) is 4.74 Å². The summed E-state index contributed by atoms with van der Waals surface area (Å²) in [4.78, 5) is 37.3. The Kier molecular flexibility index (Phi) is 4.57. The van der Waals surface area contributed by atoms with E-state index in [1.54, 1.807) is 13.0 Å². The molecule has 1 aliphatic heterocycles. The first-order valence-corrected chi connectivity index (χ1v) is 7.35. The van der Waals surface area contributed by atoms with E-state index in [1.807, 2.05) is 0 Å². The van der Waals surface area contributed by atoms with Gasteiger partial charge in [0.1, 0.15) is 0 Å². The number of rotatable bonds is 7. The molecule has 0 aromatic rings. The van der Waals surface area contributed by atoms with Gasteiger partial charge in [0.05, 0.1) is 18.4 Å². The Hall–Kier alpha value is -1.65. The zero-order chi connectivity index (χ0) is 14.7. The third-order valence-electron chi connectivity index (χ3n) is 3.88. The van der Waals surface area contributed by atoms with Gasteiger partial charge < -0.3 is 4.74 Å². The minimum absolute atomic E-state index is 0.162. The van der Waals surface area contributed by atoms with Crippen molar-refractivity contribution in [1.82, 2.24) is 4.90 Å². The van der Waals surface area contributed by atoms with Crippen LogP contribution in [0.5, 0.6) is 0 Å². The van der Waals surface area contributed by atoms with Gasteiger partial charge in [0.25, 0.3) is 0 Å². The molecule has 0 N–H and O–H groups in total. The molecule has 2 atom stereocenters. The Bertz CT molecular complexity index is 455. The maximum absolute atomic E-state index is 12.2. The number of carbonyl (C=O) groups is 3. The number of unbranched alkanes of at least 4 members (excludes halogenated alkanes) is 3. The summed E-state index contributed by atoms with van der Waals surface area (Å²) in [6.07, 6.45) is 5.65. The van der Waals surface area contributed by atoms with Gasteiger partial charge in [-0.2, -0.15) is 0 Å². The van der Waals surface area contributed by atoms with Gasteiger partial charge >= 0.3 is 5.97 Å². The highest BCUT2D eigenvalue weighted by Gasteiger charge is 2.55. The lowest BCUT2D eigenvalue weighted by molar-refractivity contribution is -0.143. The summed E-state index contributed by atoms with van der Waals surface area (Å²) in [6, 6.07) is 0. The van der Waals surface area contributed by atoms with Crippen molar-refractivity contribution in [1.29, 1.82) is 0 Å². The second kappa shape index (κ2) is 6.20. The topological polar surface area (TPSA) is 63.7 Å². The van der Waals surface area contributed by atoms with Gasteiger partial charge in [0.15, 0.2) is 0 Å². The first kappa shape index (κ1) is 14.8. The lowest BCUT2D eigenvalue weighted by Gasteiger charge is -2.23. The van der Waals surface area contributed by atoms with Gasteiger partial charge in [-0.1, -0.05) is 32.3 Å². The Balaban J connectivity index is 1.94. The number of fused-ring (bicyclic) bond motifs is 1. The van der Waals surface area contributed by atoms with Crippen molar-refractivity contribution in [2.45, 2.75) is 39.5 Å². The molecule has 0 aromatic heterocycles. The van der Waals surface area contributed by atoms with Crippen molar-refractivity contribution in [3.8, 4) is 0 Å². The van der Waals surface area contributed by atoms with Gasteiger partial charge in [-0.3, -0.25) is 14.5 Å². The van der Waals surface area contributed by atoms with Crippen LogP contribution in [-0.2, 0) is 19.1 Å². The van der Waals surface area contributed by atoms with Crippen LogP contribution in [0.2, 0.25) is 0 Å². The zero-order valence-electron chi connectivity index (χ0n) is 12.1. The lowest BCUT2D eigenvalue weighted by atomic mass is 9.76. The van der Waals surface area contributed by atoms with Crippen molar-refractivity contribution in [2.24, 2.45) is 11.8 Å². The van der Waals surface area contributed by atoms with E-state index in [-0.39, 0.29) is 18.4 Å². The minimum Gasteiger partial charge on any atom is -0.463 e. The largest absolute Gasteiger partial charge is 0.463 e. The summed E-state index contributed by atoms with van der Waals surface area (Å²) in [5.41, 5.74) is 0.353. The fourth-order valence-electron chi connectivity index (χ4n) is 2.75. The molecule has 1 saturated heterocycles. The van der Waals surface area contributed by atoms with Crippen LogP contribution in [0, 0.1) is 11.8 Å². The smallest absolute Gasteiger partial charge is 0.334 e. The van der Waals surface area contributed by atoms with E-state index in [2.05, 4.69) is 6.92 Å². The van der Waals surface area contributed by atoms with E-state index in [0.717, 1.165) is 25.7 Å². The van der Waals surface area contributed by atoms with Crippen LogP contribution in [0.4, 0.5) is 0 Å². The maximum Gasteiger partial charge on any atom is 0.334 e. The van der Waals surface area contributed by atoms with E-state index >= 15 is 0 Å². The summed E-state index contributed by atoms with van der Waals surface area (Å²) < 4.78 is 4.90. The SMILES string of the molecule is CCCCCCN1C(=O)C2C=C(C(=O)OCC)C2C1=O. The Morgan fingerprint density at radius 3 is 2.60 bits per heavy atom. The van der Waals surface area contributed by atoms with Crippen molar-refractivity contribution in [2.75, 3.05) is 13.2 Å². The molecule has 2 amide bonds. The molecule has 2 rings (SSSR count). The quantitative estimate of drug-likeness (QED) is 0.404. The maximum atomic E-state index is 12.2. The fraction of sp³-hybridized carbons (Fsp3) is 0.667. The Morgan fingerprint density at radius 1 is 1.20 bits per heavy atom. The average molecular weight is 279 g/mol. The lowest BCUT2D eigenvalue weighted by Crippen LogP contribution is -2.33. The molecule has 1 fully saturated rings. The van der Waals surface area contributed by atoms with E-state index in [9.17, 15) is 14.4 Å². The predicted octanol–water partition coefficient (Wildman–Crippen LogP) is 1.67. The molecule has 5 nitrogen and oxygen atoms in total. The first-order chi connectivity index (χ1) is 9.61. The van der Waals surface area contributed by atoms with Crippen LogP contribution in [0.25, 0.3) is 0 Å². The van der Waals surface area contributed by atoms with Crippen LogP contribution in [0.3, 0.4) is 0 Å². The molecule has 5 heteroatoms. The second-order valence-corrected chi connectivity index (χ2v) is 5.23. The second-order valence-electron chi connectivity index (χ2n) is 5.23.